The highest BCUT2D eigenvalue weighted by molar-refractivity contribution is 5.77. The third kappa shape index (κ3) is 3.73. The minimum atomic E-state index is -0.173. The van der Waals surface area contributed by atoms with E-state index in [-0.39, 0.29) is 5.56 Å². The Hall–Kier alpha value is -3.55. The van der Waals surface area contributed by atoms with Crippen molar-refractivity contribution in [3.05, 3.63) is 64.6 Å². The number of H-pyrrole nitrogens is 1. The maximum Gasteiger partial charge on any atom is 0.278 e. The minimum absolute atomic E-state index is 0.173. The molecule has 8 nitrogen and oxygen atoms in total. The molecule has 0 spiro atoms. The van der Waals surface area contributed by atoms with Crippen LogP contribution in [-0.2, 0) is 20.0 Å². The van der Waals surface area contributed by atoms with E-state index in [2.05, 4.69) is 39.1 Å². The van der Waals surface area contributed by atoms with E-state index in [1.54, 1.807) is 24.1 Å². The largest absolute Gasteiger partial charge is 0.341 e. The fourth-order valence-corrected chi connectivity index (χ4v) is 3.42. The van der Waals surface area contributed by atoms with Crippen molar-refractivity contribution in [2.75, 3.05) is 11.9 Å². The van der Waals surface area contributed by atoms with E-state index >= 15 is 0 Å². The molecule has 4 rings (SSSR count). The lowest BCUT2D eigenvalue weighted by molar-refractivity contribution is 0.750. The van der Waals surface area contributed by atoms with Crippen LogP contribution in [0.4, 0.5) is 5.95 Å². The topological polar surface area (TPSA) is 92.6 Å². The van der Waals surface area contributed by atoms with Gasteiger partial charge in [-0.15, -0.1) is 0 Å². The first-order valence-corrected chi connectivity index (χ1v) is 9.58. The quantitative estimate of drug-likeness (QED) is 0.545. The summed E-state index contributed by atoms with van der Waals surface area (Å²) in [6, 6.07) is 8.20. The Labute approximate surface area is 168 Å². The van der Waals surface area contributed by atoms with Gasteiger partial charge in [-0.25, -0.2) is 15.0 Å². The van der Waals surface area contributed by atoms with Gasteiger partial charge in [-0.05, 0) is 17.5 Å². The van der Waals surface area contributed by atoms with Crippen molar-refractivity contribution in [2.24, 2.45) is 7.05 Å². The Balaban J connectivity index is 1.60. The van der Waals surface area contributed by atoms with Crippen LogP contribution in [-0.4, -0.2) is 36.8 Å². The number of anilines is 1. The van der Waals surface area contributed by atoms with Gasteiger partial charge < -0.3 is 4.90 Å². The number of aromatic amines is 1. The molecule has 148 valence electrons. The molecule has 0 unspecified atom stereocenters. The molecule has 0 bridgehead atoms. The number of aryl methyl sites for hydroxylation is 2. The molecular weight excluding hydrogens is 366 g/mol. The number of rotatable bonds is 6. The molecule has 29 heavy (non-hydrogen) atoms. The summed E-state index contributed by atoms with van der Waals surface area (Å²) in [6.07, 6.45) is 6.84. The van der Waals surface area contributed by atoms with E-state index in [0.29, 0.717) is 23.5 Å². The van der Waals surface area contributed by atoms with Crippen LogP contribution in [0.25, 0.3) is 22.2 Å². The van der Waals surface area contributed by atoms with E-state index < -0.39 is 0 Å². The van der Waals surface area contributed by atoms with E-state index in [1.165, 1.54) is 6.33 Å². The van der Waals surface area contributed by atoms with Gasteiger partial charge in [0.25, 0.3) is 5.56 Å². The summed E-state index contributed by atoms with van der Waals surface area (Å²) in [5, 5.41) is 4.47. The van der Waals surface area contributed by atoms with Crippen molar-refractivity contribution in [1.82, 2.24) is 29.7 Å². The summed E-state index contributed by atoms with van der Waals surface area (Å²) >= 11 is 0. The monoisotopic (exact) mass is 389 g/mol. The van der Waals surface area contributed by atoms with Crippen LogP contribution in [0.15, 0.2) is 47.8 Å². The molecule has 1 N–H and O–H groups in total. The van der Waals surface area contributed by atoms with Crippen molar-refractivity contribution < 1.29 is 0 Å². The molecule has 0 radical (unpaired) electrons. The summed E-state index contributed by atoms with van der Waals surface area (Å²) in [7, 11) is 3.69. The molecule has 1 aromatic carbocycles. The number of nitrogens with one attached hydrogen (secondary N) is 1. The average molecular weight is 389 g/mol. The Kier molecular flexibility index (Phi) is 5.07. The highest BCUT2D eigenvalue weighted by atomic mass is 16.1. The molecular formula is C21H23N7O. The molecule has 0 amide bonds. The second-order valence-electron chi connectivity index (χ2n) is 7.09. The van der Waals surface area contributed by atoms with E-state index in [0.717, 1.165) is 35.2 Å². The van der Waals surface area contributed by atoms with E-state index in [9.17, 15) is 4.79 Å². The molecule has 0 fully saturated rings. The van der Waals surface area contributed by atoms with Crippen LogP contribution in [0.3, 0.4) is 0 Å². The van der Waals surface area contributed by atoms with Crippen LogP contribution < -0.4 is 10.5 Å². The third-order valence-electron chi connectivity index (χ3n) is 4.87. The van der Waals surface area contributed by atoms with Crippen molar-refractivity contribution in [2.45, 2.75) is 26.3 Å². The molecule has 0 aliphatic carbocycles. The second-order valence-corrected chi connectivity index (χ2v) is 7.09. The summed E-state index contributed by atoms with van der Waals surface area (Å²) in [6.45, 7) is 2.70. The van der Waals surface area contributed by atoms with Crippen LogP contribution in [0.1, 0.15) is 24.6 Å². The minimum Gasteiger partial charge on any atom is -0.341 e. The summed E-state index contributed by atoms with van der Waals surface area (Å²) < 4.78 is 1.61. The van der Waals surface area contributed by atoms with Gasteiger partial charge in [0.05, 0.1) is 5.69 Å². The van der Waals surface area contributed by atoms with Crippen LogP contribution in [0.2, 0.25) is 0 Å². The predicted molar refractivity (Wildman–Crippen MR) is 113 cm³/mol. The molecule has 0 aliphatic heterocycles. The van der Waals surface area contributed by atoms with E-state index in [4.69, 9.17) is 4.98 Å². The molecule has 0 saturated heterocycles. The zero-order valence-electron chi connectivity index (χ0n) is 16.8. The zero-order valence-corrected chi connectivity index (χ0v) is 16.8. The number of benzene rings is 1. The number of aromatic nitrogens is 6. The number of fused-ring (bicyclic) bond motifs is 1. The number of hydrogen-bond donors (Lipinski definition) is 1. The standard InChI is InChI=1S/C21H23N7O/c1-4-5-17-18-19(28(3)26-17)20(29)25-21(24-18)27(2)12-14-6-8-15(9-7-14)16-10-22-13-23-11-16/h6-11,13H,4-5,12H2,1-3H3,(H,24,25,29). The van der Waals surface area contributed by atoms with Gasteiger partial charge in [0, 0.05) is 38.6 Å². The first-order valence-electron chi connectivity index (χ1n) is 9.58. The number of nitrogens with zero attached hydrogens (tertiary/aromatic N) is 6. The maximum atomic E-state index is 12.6. The zero-order chi connectivity index (χ0) is 20.4. The fraction of sp³-hybridized carbons (Fsp3) is 0.286. The van der Waals surface area contributed by atoms with Crippen molar-refractivity contribution >= 4 is 17.0 Å². The molecule has 0 atom stereocenters. The lowest BCUT2D eigenvalue weighted by Crippen LogP contribution is -2.23. The third-order valence-corrected chi connectivity index (χ3v) is 4.87. The molecule has 3 heterocycles. The van der Waals surface area contributed by atoms with Crippen molar-refractivity contribution in [1.29, 1.82) is 0 Å². The lowest BCUT2D eigenvalue weighted by Gasteiger charge is -2.18. The van der Waals surface area contributed by atoms with Crippen LogP contribution in [0, 0.1) is 0 Å². The Bertz CT molecular complexity index is 1180. The van der Waals surface area contributed by atoms with E-state index in [1.807, 2.05) is 24.1 Å². The smallest absolute Gasteiger partial charge is 0.278 e. The highest BCUT2D eigenvalue weighted by Gasteiger charge is 2.16. The highest BCUT2D eigenvalue weighted by Crippen LogP contribution is 2.20. The SMILES string of the molecule is CCCc1nn(C)c2c(=O)[nH]c(N(C)Cc3ccc(-c4cncnc4)cc3)nc12. The van der Waals surface area contributed by atoms with Gasteiger partial charge in [0.2, 0.25) is 5.95 Å². The first kappa shape index (κ1) is 18.8. The predicted octanol–water partition coefficient (Wildman–Crippen LogP) is 2.70. The van der Waals surface area contributed by atoms with Gasteiger partial charge in [-0.3, -0.25) is 14.5 Å². The maximum absolute atomic E-state index is 12.6. The van der Waals surface area contributed by atoms with Gasteiger partial charge >= 0.3 is 0 Å². The van der Waals surface area contributed by atoms with Gasteiger partial charge in [-0.2, -0.15) is 5.10 Å². The van der Waals surface area contributed by atoms with Gasteiger partial charge in [0.15, 0.2) is 5.52 Å². The molecule has 3 aromatic heterocycles. The van der Waals surface area contributed by atoms with Crippen molar-refractivity contribution in [3.63, 3.8) is 0 Å². The Morgan fingerprint density at radius 1 is 1.10 bits per heavy atom. The summed E-state index contributed by atoms with van der Waals surface area (Å²) in [5.41, 5.74) is 5.03. The number of hydrogen-bond acceptors (Lipinski definition) is 6. The fourth-order valence-electron chi connectivity index (χ4n) is 3.42. The first-order chi connectivity index (χ1) is 14.1. The Morgan fingerprint density at radius 2 is 1.83 bits per heavy atom. The van der Waals surface area contributed by atoms with Crippen LogP contribution >= 0.6 is 0 Å². The average Bonchev–Trinajstić information content (AvgIpc) is 3.05. The molecule has 0 saturated carbocycles. The van der Waals surface area contributed by atoms with Gasteiger partial charge in [-0.1, -0.05) is 37.6 Å². The second kappa shape index (κ2) is 7.83. The molecule has 0 aliphatic rings. The normalized spacial score (nSPS) is 11.1. The van der Waals surface area contributed by atoms with Gasteiger partial charge in [0.1, 0.15) is 11.8 Å². The van der Waals surface area contributed by atoms with Crippen LogP contribution in [0.5, 0.6) is 0 Å². The molecule has 8 heteroatoms. The van der Waals surface area contributed by atoms with Crippen molar-refractivity contribution in [3.8, 4) is 11.1 Å². The summed E-state index contributed by atoms with van der Waals surface area (Å²) in [4.78, 5) is 30.2. The molecule has 4 aromatic rings. The summed E-state index contributed by atoms with van der Waals surface area (Å²) in [5.74, 6) is 0.536. The Morgan fingerprint density at radius 3 is 2.52 bits per heavy atom. The lowest BCUT2D eigenvalue weighted by atomic mass is 10.1.